The average molecular weight is 659 g/mol. The Morgan fingerprint density at radius 2 is 1.73 bits per heavy atom. The van der Waals surface area contributed by atoms with Crippen molar-refractivity contribution in [2.75, 3.05) is 31.5 Å². The number of fused-ring (bicyclic) bond motifs is 1. The minimum atomic E-state index is -4.60. The van der Waals surface area contributed by atoms with Crippen LogP contribution >= 0.6 is 0 Å². The molecule has 0 radical (unpaired) electrons. The fraction of sp³-hybridized carbons (Fsp3) is 0.389. The number of hydrogen-bond acceptors (Lipinski definition) is 6. The zero-order valence-corrected chi connectivity index (χ0v) is 27.3. The van der Waals surface area contributed by atoms with E-state index in [9.17, 15) is 22.8 Å². The maximum Gasteiger partial charge on any atom is 0.416 e. The Morgan fingerprint density at radius 1 is 0.979 bits per heavy atom. The zero-order chi connectivity index (χ0) is 34.3. The summed E-state index contributed by atoms with van der Waals surface area (Å²) in [6.45, 7) is 9.94. The summed E-state index contributed by atoms with van der Waals surface area (Å²) in [5.74, 6) is 5.92. The van der Waals surface area contributed by atoms with Crippen LogP contribution in [0, 0.1) is 24.2 Å². The number of amides is 2. The maximum atomic E-state index is 14.3. The summed E-state index contributed by atoms with van der Waals surface area (Å²) in [5.41, 5.74) is 1.18. The third-order valence-corrected chi connectivity index (χ3v) is 8.81. The third-order valence-electron chi connectivity index (χ3n) is 8.81. The van der Waals surface area contributed by atoms with Crippen molar-refractivity contribution in [3.63, 3.8) is 0 Å². The first-order valence-corrected chi connectivity index (χ1v) is 15.8. The van der Waals surface area contributed by atoms with Gasteiger partial charge in [0.2, 0.25) is 5.82 Å². The van der Waals surface area contributed by atoms with Crippen molar-refractivity contribution in [1.82, 2.24) is 24.4 Å². The Kier molecular flexibility index (Phi) is 8.68. The molecule has 0 atom stereocenters. The average Bonchev–Trinajstić information content (AvgIpc) is 3.42. The standard InChI is InChI=1S/C36H37F3N6O3/c1-24-8-9-26(19-25(24)11-13-31-42-41-30-7-5-6-16-45(30)31)32(46)40-28-12-10-27(29(20-28)36(37,38)39)21-43-17-14-35(15-18-43)22-44(23-35)33(47)48-34(2,3)4/h5-10,12,16,19-20H,14-15,17-18,21-23H2,1-4H3,(H,40,46). The molecule has 9 nitrogen and oxygen atoms in total. The second-order valence-corrected chi connectivity index (χ2v) is 13.7. The fourth-order valence-corrected chi connectivity index (χ4v) is 6.17. The number of likely N-dealkylation sites (tertiary alicyclic amines) is 2. The van der Waals surface area contributed by atoms with Crippen LogP contribution in [-0.2, 0) is 17.5 Å². The minimum absolute atomic E-state index is 0.0132. The molecule has 2 aliphatic heterocycles. The Bertz CT molecular complexity index is 1920. The molecule has 0 unspecified atom stereocenters. The molecule has 0 bridgehead atoms. The zero-order valence-electron chi connectivity index (χ0n) is 27.3. The molecule has 250 valence electrons. The molecule has 0 aliphatic carbocycles. The summed E-state index contributed by atoms with van der Waals surface area (Å²) in [4.78, 5) is 29.2. The fourth-order valence-electron chi connectivity index (χ4n) is 6.17. The van der Waals surface area contributed by atoms with E-state index in [-0.39, 0.29) is 34.9 Å². The van der Waals surface area contributed by atoms with Gasteiger partial charge in [-0.05, 0) is 107 Å². The van der Waals surface area contributed by atoms with Gasteiger partial charge in [-0.2, -0.15) is 13.2 Å². The molecule has 2 aliphatic rings. The molecule has 1 N–H and O–H groups in total. The van der Waals surface area contributed by atoms with Crippen LogP contribution < -0.4 is 5.32 Å². The topological polar surface area (TPSA) is 92.1 Å². The number of aryl methyl sites for hydroxylation is 1. The highest BCUT2D eigenvalue weighted by Gasteiger charge is 2.48. The lowest BCUT2D eigenvalue weighted by Gasteiger charge is -2.53. The third kappa shape index (κ3) is 7.31. The van der Waals surface area contributed by atoms with Crippen molar-refractivity contribution in [2.45, 2.75) is 58.9 Å². The van der Waals surface area contributed by atoms with Crippen molar-refractivity contribution in [3.05, 3.63) is 94.4 Å². The summed E-state index contributed by atoms with van der Waals surface area (Å²) in [5, 5.41) is 10.8. The number of hydrogen-bond donors (Lipinski definition) is 1. The second-order valence-electron chi connectivity index (χ2n) is 13.7. The van der Waals surface area contributed by atoms with Crippen molar-refractivity contribution in [2.24, 2.45) is 5.41 Å². The number of anilines is 1. The molecule has 4 aromatic rings. The molecule has 2 amide bonds. The van der Waals surface area contributed by atoms with E-state index < -0.39 is 23.2 Å². The number of rotatable bonds is 4. The highest BCUT2D eigenvalue weighted by atomic mass is 19.4. The number of carbonyl (C=O) groups is 2. The van der Waals surface area contributed by atoms with E-state index in [4.69, 9.17) is 4.74 Å². The lowest BCUT2D eigenvalue weighted by atomic mass is 9.72. The van der Waals surface area contributed by atoms with Crippen LogP contribution in [-0.4, -0.2) is 68.2 Å². The number of aromatic nitrogens is 3. The van der Waals surface area contributed by atoms with E-state index in [1.807, 2.05) is 50.8 Å². The molecular weight excluding hydrogens is 621 g/mol. The van der Waals surface area contributed by atoms with Crippen LogP contribution in [0.2, 0.25) is 0 Å². The van der Waals surface area contributed by atoms with Crippen LogP contribution in [0.4, 0.5) is 23.7 Å². The SMILES string of the molecule is Cc1ccc(C(=O)Nc2ccc(CN3CCC4(CC3)CN(C(=O)OC(C)(C)C)C4)c(C(F)(F)F)c2)cc1C#Cc1nnc2ccccn12. The van der Waals surface area contributed by atoms with E-state index in [1.54, 1.807) is 33.7 Å². The minimum Gasteiger partial charge on any atom is -0.444 e. The van der Waals surface area contributed by atoms with Gasteiger partial charge in [-0.3, -0.25) is 14.1 Å². The van der Waals surface area contributed by atoms with Gasteiger partial charge in [-0.15, -0.1) is 10.2 Å². The number of benzene rings is 2. The van der Waals surface area contributed by atoms with Crippen molar-refractivity contribution >= 4 is 23.3 Å². The normalized spacial score (nSPS) is 16.3. The maximum absolute atomic E-state index is 14.3. The highest BCUT2D eigenvalue weighted by molar-refractivity contribution is 6.04. The first kappa shape index (κ1) is 33.0. The molecule has 0 saturated carbocycles. The van der Waals surface area contributed by atoms with Gasteiger partial charge in [-0.25, -0.2) is 4.79 Å². The van der Waals surface area contributed by atoms with Crippen LogP contribution in [0.5, 0.6) is 0 Å². The monoisotopic (exact) mass is 658 g/mol. The Hall–Kier alpha value is -4.89. The summed E-state index contributed by atoms with van der Waals surface area (Å²) in [7, 11) is 0. The van der Waals surface area contributed by atoms with Crippen molar-refractivity contribution in [1.29, 1.82) is 0 Å². The molecule has 2 saturated heterocycles. The van der Waals surface area contributed by atoms with Gasteiger partial charge in [0.1, 0.15) is 5.60 Å². The number of piperidine rings is 1. The molecule has 2 aromatic carbocycles. The van der Waals surface area contributed by atoms with Gasteiger partial charge in [0.05, 0.1) is 5.56 Å². The second kappa shape index (κ2) is 12.6. The smallest absolute Gasteiger partial charge is 0.416 e. The van der Waals surface area contributed by atoms with Crippen LogP contribution in [0.25, 0.3) is 5.65 Å². The Balaban J connectivity index is 1.10. The lowest BCUT2D eigenvalue weighted by Crippen LogP contribution is -2.62. The van der Waals surface area contributed by atoms with Crippen molar-refractivity contribution < 1.29 is 27.5 Å². The molecule has 48 heavy (non-hydrogen) atoms. The van der Waals surface area contributed by atoms with Crippen LogP contribution in [0.1, 0.15) is 72.0 Å². The Labute approximate surface area is 277 Å². The first-order valence-electron chi connectivity index (χ1n) is 15.8. The molecule has 2 fully saturated rings. The number of nitrogens with zero attached hydrogens (tertiary/aromatic N) is 5. The predicted octanol–water partition coefficient (Wildman–Crippen LogP) is 6.54. The van der Waals surface area contributed by atoms with Crippen LogP contribution in [0.15, 0.2) is 60.8 Å². The van der Waals surface area contributed by atoms with E-state index in [2.05, 4.69) is 27.4 Å². The number of pyridine rings is 1. The molecule has 2 aromatic heterocycles. The lowest BCUT2D eigenvalue weighted by molar-refractivity contribution is -0.138. The van der Waals surface area contributed by atoms with Gasteiger partial charge < -0.3 is 15.0 Å². The number of nitrogens with one attached hydrogen (secondary N) is 1. The summed E-state index contributed by atoms with van der Waals surface area (Å²) in [6.07, 6.45) is -1.55. The summed E-state index contributed by atoms with van der Waals surface area (Å²) < 4.78 is 50.0. The Morgan fingerprint density at radius 3 is 2.44 bits per heavy atom. The molecule has 4 heterocycles. The highest BCUT2D eigenvalue weighted by Crippen LogP contribution is 2.42. The van der Waals surface area contributed by atoms with Gasteiger partial charge in [0.15, 0.2) is 5.65 Å². The molecule has 1 spiro atoms. The largest absolute Gasteiger partial charge is 0.444 e. The van der Waals surface area contributed by atoms with E-state index in [0.29, 0.717) is 43.2 Å². The van der Waals surface area contributed by atoms with Gasteiger partial charge >= 0.3 is 12.3 Å². The quantitative estimate of drug-likeness (QED) is 0.251. The van der Waals surface area contributed by atoms with E-state index in [1.165, 1.54) is 12.1 Å². The number of ether oxygens (including phenoxy) is 1. The molecule has 12 heteroatoms. The van der Waals surface area contributed by atoms with Crippen LogP contribution in [0.3, 0.4) is 0 Å². The number of alkyl halides is 3. The van der Waals surface area contributed by atoms with Gasteiger partial charge in [0, 0.05) is 48.1 Å². The predicted molar refractivity (Wildman–Crippen MR) is 174 cm³/mol. The first-order chi connectivity index (χ1) is 22.7. The van der Waals surface area contributed by atoms with E-state index >= 15 is 0 Å². The summed E-state index contributed by atoms with van der Waals surface area (Å²) >= 11 is 0. The molecule has 6 rings (SSSR count). The van der Waals surface area contributed by atoms with Gasteiger partial charge in [-0.1, -0.05) is 24.1 Å². The molecular formula is C36H37F3N6O3. The summed E-state index contributed by atoms with van der Waals surface area (Å²) in [6, 6.07) is 14.4. The number of halogens is 3. The van der Waals surface area contributed by atoms with Crippen molar-refractivity contribution in [3.8, 4) is 11.8 Å². The number of carbonyl (C=O) groups excluding carboxylic acids is 2. The van der Waals surface area contributed by atoms with Gasteiger partial charge in [0.25, 0.3) is 5.91 Å². The van der Waals surface area contributed by atoms with E-state index in [0.717, 1.165) is 24.5 Å².